The van der Waals surface area contributed by atoms with E-state index < -0.39 is 35.7 Å². The summed E-state index contributed by atoms with van der Waals surface area (Å²) in [5.41, 5.74) is 7.63. The number of nitrogens with one attached hydrogen (secondary N) is 2. The Morgan fingerprint density at radius 3 is 2.96 bits per heavy atom. The molecule has 11 nitrogen and oxygen atoms in total. The molecule has 2 aromatic rings. The number of aliphatic hydroxyl groups excluding tert-OH is 1. The van der Waals surface area contributed by atoms with E-state index in [2.05, 4.69) is 20.0 Å². The first-order valence-electron chi connectivity index (χ1n) is 6.81. The Morgan fingerprint density at radius 1 is 1.52 bits per heavy atom. The van der Waals surface area contributed by atoms with Gasteiger partial charge in [-0.05, 0) is 5.53 Å². The van der Waals surface area contributed by atoms with Gasteiger partial charge in [-0.15, -0.1) is 0 Å². The SMILES string of the molecule is [N-]=[N+]=N[C@@H]1[C@H]([n+]2cc[nH]c2)[C@@H](CO)O[C@H]1n1ccc(=O)[nH]c1=O. The van der Waals surface area contributed by atoms with Gasteiger partial charge in [0.25, 0.3) is 5.56 Å². The minimum absolute atomic E-state index is 0.325. The fourth-order valence-corrected chi connectivity index (χ4v) is 2.78. The second-order valence-electron chi connectivity index (χ2n) is 5.01. The summed E-state index contributed by atoms with van der Waals surface area (Å²) in [6.07, 6.45) is 4.64. The Kier molecular flexibility index (Phi) is 3.98. The van der Waals surface area contributed by atoms with Gasteiger partial charge in [-0.3, -0.25) is 19.3 Å². The van der Waals surface area contributed by atoms with Crippen LogP contribution in [0, 0.1) is 0 Å². The number of aliphatic hydroxyl groups is 1. The third kappa shape index (κ3) is 2.63. The minimum Gasteiger partial charge on any atom is -0.393 e. The van der Waals surface area contributed by atoms with Gasteiger partial charge in [-0.2, -0.15) is 0 Å². The van der Waals surface area contributed by atoms with Crippen LogP contribution in [-0.2, 0) is 4.74 Å². The van der Waals surface area contributed by atoms with E-state index in [0.29, 0.717) is 0 Å². The molecule has 11 heteroatoms. The molecule has 0 unspecified atom stereocenters. The van der Waals surface area contributed by atoms with E-state index in [1.807, 2.05) is 0 Å². The molecule has 0 spiro atoms. The number of ether oxygens (including phenoxy) is 1. The van der Waals surface area contributed by atoms with Crippen LogP contribution in [0.2, 0.25) is 0 Å². The standard InChI is InChI=1S/C12H13N7O4/c13-17-16-9-10(18-4-2-14-6-18)7(5-20)23-11(9)19-3-1-8(21)15-12(19)22/h1-4,6-7,9-11,20H,5H2,(H,15,21,22)/p+1/t7-,9-,10-,11-/m1/s1. The summed E-state index contributed by atoms with van der Waals surface area (Å²) in [7, 11) is 0. The van der Waals surface area contributed by atoms with Crippen LogP contribution in [0.3, 0.4) is 0 Å². The van der Waals surface area contributed by atoms with E-state index in [4.69, 9.17) is 10.3 Å². The van der Waals surface area contributed by atoms with E-state index in [0.717, 1.165) is 4.57 Å². The molecule has 0 bridgehead atoms. The Bertz CT molecular complexity index is 836. The predicted molar refractivity (Wildman–Crippen MR) is 75.3 cm³/mol. The Morgan fingerprint density at radius 2 is 2.35 bits per heavy atom. The monoisotopic (exact) mass is 320 g/mol. The summed E-state index contributed by atoms with van der Waals surface area (Å²) < 4.78 is 8.55. The predicted octanol–water partition coefficient (Wildman–Crippen LogP) is -1.04. The van der Waals surface area contributed by atoms with Crippen LogP contribution in [-0.4, -0.2) is 38.4 Å². The largest absolute Gasteiger partial charge is 0.393 e. The summed E-state index contributed by atoms with van der Waals surface area (Å²) in [5, 5.41) is 13.3. The van der Waals surface area contributed by atoms with Crippen molar-refractivity contribution < 1.29 is 14.4 Å². The number of hydrogen-bond acceptors (Lipinski definition) is 5. The van der Waals surface area contributed by atoms with Crippen LogP contribution in [0.15, 0.2) is 45.7 Å². The molecule has 1 fully saturated rings. The molecule has 1 saturated heterocycles. The van der Waals surface area contributed by atoms with Gasteiger partial charge in [0.1, 0.15) is 30.6 Å². The Labute approximate surface area is 128 Å². The zero-order chi connectivity index (χ0) is 16.4. The topological polar surface area (TPSA) is 153 Å². The molecule has 23 heavy (non-hydrogen) atoms. The van der Waals surface area contributed by atoms with Gasteiger partial charge in [-0.25, -0.2) is 9.36 Å². The van der Waals surface area contributed by atoms with E-state index in [9.17, 15) is 14.7 Å². The van der Waals surface area contributed by atoms with Gasteiger partial charge in [0.2, 0.25) is 6.33 Å². The number of aromatic nitrogens is 4. The molecule has 0 aliphatic carbocycles. The van der Waals surface area contributed by atoms with Crippen LogP contribution < -0.4 is 15.8 Å². The maximum absolute atomic E-state index is 12.0. The highest BCUT2D eigenvalue weighted by Crippen LogP contribution is 2.35. The molecule has 2 aromatic heterocycles. The third-order valence-electron chi connectivity index (χ3n) is 3.74. The number of nitrogens with zero attached hydrogens (tertiary/aromatic N) is 5. The molecule has 1 aliphatic heterocycles. The summed E-state index contributed by atoms with van der Waals surface area (Å²) in [4.78, 5) is 31.0. The number of hydrogen-bond donors (Lipinski definition) is 3. The first-order chi connectivity index (χ1) is 11.2. The van der Waals surface area contributed by atoms with Crippen molar-refractivity contribution in [3.63, 3.8) is 0 Å². The zero-order valence-electron chi connectivity index (χ0n) is 11.8. The number of H-pyrrole nitrogens is 2. The second kappa shape index (κ2) is 6.08. The van der Waals surface area contributed by atoms with Gasteiger partial charge < -0.3 is 9.84 Å². The lowest BCUT2D eigenvalue weighted by atomic mass is 10.1. The summed E-state index contributed by atoms with van der Waals surface area (Å²) in [6, 6.07) is -0.129. The van der Waals surface area contributed by atoms with Crippen LogP contribution in [0.25, 0.3) is 10.4 Å². The van der Waals surface area contributed by atoms with Crippen molar-refractivity contribution in [2.24, 2.45) is 5.11 Å². The second-order valence-corrected chi connectivity index (χ2v) is 5.01. The van der Waals surface area contributed by atoms with Gasteiger partial charge in [0, 0.05) is 17.2 Å². The van der Waals surface area contributed by atoms with Crippen molar-refractivity contribution in [2.75, 3.05) is 6.61 Å². The molecule has 3 heterocycles. The lowest BCUT2D eigenvalue weighted by Crippen LogP contribution is -2.48. The van der Waals surface area contributed by atoms with Gasteiger partial charge in [0.15, 0.2) is 6.23 Å². The van der Waals surface area contributed by atoms with E-state index in [1.54, 1.807) is 23.3 Å². The maximum Gasteiger partial charge on any atom is 0.330 e. The summed E-state index contributed by atoms with van der Waals surface area (Å²) in [5.74, 6) is 0. The molecule has 3 N–H and O–H groups in total. The average molecular weight is 320 g/mol. The first-order valence-corrected chi connectivity index (χ1v) is 6.81. The number of rotatable bonds is 4. The summed E-state index contributed by atoms with van der Waals surface area (Å²) in [6.45, 7) is -0.325. The van der Waals surface area contributed by atoms with Crippen molar-refractivity contribution >= 4 is 0 Å². The van der Waals surface area contributed by atoms with E-state index in [-0.39, 0.29) is 6.61 Å². The molecule has 120 valence electrons. The lowest BCUT2D eigenvalue weighted by Gasteiger charge is -2.17. The Hall–Kier alpha value is -2.88. The molecule has 1 aliphatic rings. The number of azide groups is 1. The highest BCUT2D eigenvalue weighted by atomic mass is 16.5. The van der Waals surface area contributed by atoms with Gasteiger partial charge >= 0.3 is 5.69 Å². The maximum atomic E-state index is 12.0. The van der Waals surface area contributed by atoms with Gasteiger partial charge in [0.05, 0.1) is 6.61 Å². The van der Waals surface area contributed by atoms with Crippen molar-refractivity contribution in [1.82, 2.24) is 14.5 Å². The van der Waals surface area contributed by atoms with Crippen LogP contribution >= 0.6 is 0 Å². The molecule has 3 rings (SSSR count). The highest BCUT2D eigenvalue weighted by Gasteiger charge is 2.48. The zero-order valence-corrected chi connectivity index (χ0v) is 11.8. The van der Waals surface area contributed by atoms with E-state index in [1.165, 1.54) is 12.3 Å². The van der Waals surface area contributed by atoms with Crippen molar-refractivity contribution in [3.8, 4) is 0 Å². The minimum atomic E-state index is -0.945. The molecule has 0 radical (unpaired) electrons. The average Bonchev–Trinajstić information content (AvgIpc) is 3.15. The number of imidazole rings is 1. The summed E-state index contributed by atoms with van der Waals surface area (Å²) >= 11 is 0. The van der Waals surface area contributed by atoms with Crippen LogP contribution in [0.1, 0.15) is 12.3 Å². The van der Waals surface area contributed by atoms with Crippen LogP contribution in [0.4, 0.5) is 0 Å². The van der Waals surface area contributed by atoms with Crippen molar-refractivity contribution in [2.45, 2.75) is 24.4 Å². The fraction of sp³-hybridized carbons (Fsp3) is 0.417. The molecule has 0 saturated carbocycles. The number of aromatic amines is 2. The van der Waals surface area contributed by atoms with Crippen LogP contribution in [0.5, 0.6) is 0 Å². The highest BCUT2D eigenvalue weighted by molar-refractivity contribution is 4.95. The smallest absolute Gasteiger partial charge is 0.330 e. The Balaban J connectivity index is 2.08. The van der Waals surface area contributed by atoms with Crippen molar-refractivity contribution in [1.29, 1.82) is 0 Å². The lowest BCUT2D eigenvalue weighted by molar-refractivity contribution is -0.726. The van der Waals surface area contributed by atoms with Gasteiger partial charge in [-0.1, -0.05) is 5.11 Å². The molecule has 4 atom stereocenters. The normalized spacial score (nSPS) is 26.8. The quantitative estimate of drug-likeness (QED) is 0.285. The molecular weight excluding hydrogens is 306 g/mol. The molecular formula is C12H14N7O4+. The van der Waals surface area contributed by atoms with E-state index >= 15 is 0 Å². The molecule has 0 amide bonds. The third-order valence-corrected chi connectivity index (χ3v) is 3.74. The fourth-order valence-electron chi connectivity index (χ4n) is 2.78. The first kappa shape index (κ1) is 15.0. The molecule has 0 aromatic carbocycles. The van der Waals surface area contributed by atoms with Crippen molar-refractivity contribution in [3.05, 3.63) is 62.3 Å².